The number of fused-ring (bicyclic) bond motifs is 1. The van der Waals surface area contributed by atoms with E-state index in [1.165, 1.54) is 0 Å². The molecular formula is C17H14O2S. The molecule has 0 fully saturated rings. The number of hydrogen-bond donors (Lipinski definition) is 0. The third kappa shape index (κ3) is 2.10. The Bertz CT molecular complexity index is 875. The highest BCUT2D eigenvalue weighted by Gasteiger charge is 2.19. The summed E-state index contributed by atoms with van der Waals surface area (Å²) < 4.78 is 25.6. The summed E-state index contributed by atoms with van der Waals surface area (Å²) in [5, 5.41) is 1.69. The maximum atomic E-state index is 12.8. The molecule has 0 aliphatic carbocycles. The molecule has 0 aromatic heterocycles. The van der Waals surface area contributed by atoms with Gasteiger partial charge in [-0.25, -0.2) is 8.42 Å². The summed E-state index contributed by atoms with van der Waals surface area (Å²) in [5.74, 6) is 0. The van der Waals surface area contributed by atoms with Crippen LogP contribution >= 0.6 is 0 Å². The van der Waals surface area contributed by atoms with Crippen molar-refractivity contribution in [2.45, 2.75) is 16.7 Å². The Morgan fingerprint density at radius 1 is 0.800 bits per heavy atom. The van der Waals surface area contributed by atoms with E-state index in [0.29, 0.717) is 9.79 Å². The van der Waals surface area contributed by atoms with E-state index in [1.54, 1.807) is 30.3 Å². The molecule has 0 spiro atoms. The summed E-state index contributed by atoms with van der Waals surface area (Å²) in [5.41, 5.74) is 0.936. The fraction of sp³-hybridized carbons (Fsp3) is 0.0588. The minimum Gasteiger partial charge on any atom is -0.218 e. The highest BCUT2D eigenvalue weighted by atomic mass is 32.2. The molecule has 0 amide bonds. The number of rotatable bonds is 2. The predicted molar refractivity (Wildman–Crippen MR) is 80.6 cm³/mol. The second-order valence-corrected chi connectivity index (χ2v) is 6.72. The normalized spacial score (nSPS) is 11.7. The first kappa shape index (κ1) is 12.9. The first-order valence-corrected chi connectivity index (χ1v) is 7.87. The number of aryl methyl sites for hydroxylation is 1. The lowest BCUT2D eigenvalue weighted by molar-refractivity contribution is 0.597. The summed E-state index contributed by atoms with van der Waals surface area (Å²) in [4.78, 5) is 0.704. The largest absolute Gasteiger partial charge is 0.218 e. The van der Waals surface area contributed by atoms with Crippen molar-refractivity contribution in [3.63, 3.8) is 0 Å². The van der Waals surface area contributed by atoms with Gasteiger partial charge < -0.3 is 0 Å². The predicted octanol–water partition coefficient (Wildman–Crippen LogP) is 3.98. The average Bonchev–Trinajstić information content (AvgIpc) is 2.46. The van der Waals surface area contributed by atoms with Crippen molar-refractivity contribution in [3.8, 4) is 0 Å². The van der Waals surface area contributed by atoms with E-state index in [1.807, 2.05) is 43.3 Å². The van der Waals surface area contributed by atoms with Crippen LogP contribution in [0.4, 0.5) is 0 Å². The Balaban J connectivity index is 2.30. The van der Waals surface area contributed by atoms with Crippen LogP contribution in [-0.2, 0) is 9.84 Å². The topological polar surface area (TPSA) is 34.1 Å². The zero-order chi connectivity index (χ0) is 14.2. The van der Waals surface area contributed by atoms with Gasteiger partial charge in [-0.05, 0) is 36.1 Å². The molecule has 0 bridgehead atoms. The molecule has 0 radical (unpaired) electrons. The van der Waals surface area contributed by atoms with Gasteiger partial charge in [-0.2, -0.15) is 0 Å². The summed E-state index contributed by atoms with van der Waals surface area (Å²) in [6, 6.07) is 19.9. The van der Waals surface area contributed by atoms with Crippen molar-refractivity contribution in [3.05, 3.63) is 72.3 Å². The van der Waals surface area contributed by atoms with Crippen molar-refractivity contribution in [1.29, 1.82) is 0 Å². The van der Waals surface area contributed by atoms with Crippen LogP contribution in [0.5, 0.6) is 0 Å². The van der Waals surface area contributed by atoms with Crippen LogP contribution in [0.2, 0.25) is 0 Å². The van der Waals surface area contributed by atoms with Gasteiger partial charge in [0.05, 0.1) is 9.79 Å². The second kappa shape index (κ2) is 4.76. The average molecular weight is 282 g/mol. The van der Waals surface area contributed by atoms with Crippen molar-refractivity contribution in [2.75, 3.05) is 0 Å². The quantitative estimate of drug-likeness (QED) is 0.712. The van der Waals surface area contributed by atoms with E-state index >= 15 is 0 Å². The van der Waals surface area contributed by atoms with Crippen molar-refractivity contribution < 1.29 is 8.42 Å². The minimum absolute atomic E-state index is 0.342. The number of benzene rings is 3. The van der Waals surface area contributed by atoms with Crippen LogP contribution in [0.3, 0.4) is 0 Å². The molecular weight excluding hydrogens is 268 g/mol. The van der Waals surface area contributed by atoms with Crippen LogP contribution in [0, 0.1) is 6.92 Å². The van der Waals surface area contributed by atoms with Gasteiger partial charge in [0.2, 0.25) is 9.84 Å². The minimum atomic E-state index is -3.49. The molecule has 3 aromatic rings. The van der Waals surface area contributed by atoms with Crippen molar-refractivity contribution in [2.24, 2.45) is 0 Å². The SMILES string of the molecule is Cc1cccc(S(=O)(=O)c2cccc3ccccc23)c1. The van der Waals surface area contributed by atoms with Crippen molar-refractivity contribution in [1.82, 2.24) is 0 Å². The molecule has 100 valence electrons. The van der Waals surface area contributed by atoms with E-state index in [9.17, 15) is 8.42 Å². The number of sulfone groups is 1. The summed E-state index contributed by atoms with van der Waals surface area (Å²) in [6.45, 7) is 1.89. The molecule has 0 aliphatic rings. The van der Waals surface area contributed by atoms with Gasteiger partial charge in [-0.3, -0.25) is 0 Å². The first-order chi connectivity index (χ1) is 9.59. The Kier molecular flexibility index (Phi) is 3.07. The molecule has 0 aliphatic heterocycles. The molecule has 3 heteroatoms. The van der Waals surface area contributed by atoms with E-state index in [4.69, 9.17) is 0 Å². The monoisotopic (exact) mass is 282 g/mol. The fourth-order valence-corrected chi connectivity index (χ4v) is 3.93. The highest BCUT2D eigenvalue weighted by Crippen LogP contribution is 2.28. The Labute approximate surface area is 118 Å². The molecule has 20 heavy (non-hydrogen) atoms. The molecule has 0 saturated carbocycles. The van der Waals surface area contributed by atoms with Crippen LogP contribution in [-0.4, -0.2) is 8.42 Å². The zero-order valence-corrected chi connectivity index (χ0v) is 11.9. The molecule has 3 rings (SSSR count). The lowest BCUT2D eigenvalue weighted by Gasteiger charge is -2.08. The molecule has 0 heterocycles. The molecule has 0 saturated heterocycles. The van der Waals surface area contributed by atoms with E-state index < -0.39 is 9.84 Å². The standard InChI is InChI=1S/C17H14O2S/c1-13-6-4-9-15(12-13)20(18,19)17-11-5-8-14-7-2-3-10-16(14)17/h2-12H,1H3. The Morgan fingerprint density at radius 3 is 2.30 bits per heavy atom. The van der Waals surface area contributed by atoms with Gasteiger partial charge >= 0.3 is 0 Å². The van der Waals surface area contributed by atoms with Gasteiger partial charge in [0.1, 0.15) is 0 Å². The highest BCUT2D eigenvalue weighted by molar-refractivity contribution is 7.91. The van der Waals surface area contributed by atoms with Gasteiger partial charge in [0, 0.05) is 5.39 Å². The first-order valence-electron chi connectivity index (χ1n) is 6.38. The summed E-state index contributed by atoms with van der Waals surface area (Å²) in [7, 11) is -3.49. The maximum Gasteiger partial charge on any atom is 0.207 e. The lowest BCUT2D eigenvalue weighted by atomic mass is 10.1. The summed E-state index contributed by atoms with van der Waals surface area (Å²) >= 11 is 0. The smallest absolute Gasteiger partial charge is 0.207 e. The second-order valence-electron chi connectivity index (χ2n) is 4.80. The third-order valence-corrected chi connectivity index (χ3v) is 5.15. The van der Waals surface area contributed by atoms with E-state index in [0.717, 1.165) is 16.3 Å². The van der Waals surface area contributed by atoms with Crippen LogP contribution in [0.1, 0.15) is 5.56 Å². The van der Waals surface area contributed by atoms with Crippen LogP contribution in [0.25, 0.3) is 10.8 Å². The summed E-state index contributed by atoms with van der Waals surface area (Å²) in [6.07, 6.45) is 0. The van der Waals surface area contributed by atoms with Crippen LogP contribution < -0.4 is 0 Å². The van der Waals surface area contributed by atoms with Gasteiger partial charge in [-0.1, -0.05) is 48.5 Å². The fourth-order valence-electron chi connectivity index (χ4n) is 2.34. The Morgan fingerprint density at radius 2 is 1.50 bits per heavy atom. The van der Waals surface area contributed by atoms with Crippen molar-refractivity contribution >= 4 is 20.6 Å². The van der Waals surface area contributed by atoms with E-state index in [-0.39, 0.29) is 0 Å². The van der Waals surface area contributed by atoms with Gasteiger partial charge in [0.25, 0.3) is 0 Å². The lowest BCUT2D eigenvalue weighted by Crippen LogP contribution is -2.03. The van der Waals surface area contributed by atoms with Gasteiger partial charge in [0.15, 0.2) is 0 Å². The van der Waals surface area contributed by atoms with Crippen LogP contribution in [0.15, 0.2) is 76.5 Å². The number of hydrogen-bond acceptors (Lipinski definition) is 2. The zero-order valence-electron chi connectivity index (χ0n) is 11.1. The maximum absolute atomic E-state index is 12.8. The Hall–Kier alpha value is -2.13. The third-order valence-electron chi connectivity index (χ3n) is 3.34. The molecule has 0 atom stereocenters. The molecule has 0 unspecified atom stereocenters. The molecule has 2 nitrogen and oxygen atoms in total. The molecule has 3 aromatic carbocycles. The molecule has 0 N–H and O–H groups in total. The van der Waals surface area contributed by atoms with Gasteiger partial charge in [-0.15, -0.1) is 0 Å². The van der Waals surface area contributed by atoms with E-state index in [2.05, 4.69) is 0 Å².